The van der Waals surface area contributed by atoms with Crippen LogP contribution in [0.4, 0.5) is 56.9 Å². The lowest BCUT2D eigenvalue weighted by atomic mass is 9.79. The SMILES string of the molecule is CN1c2ccccc2N(c2c(-c3ccccc3)c(-c3ccccc3)c(-c3cccc(-c4nc5ccccc5s4)c3)c(-c3ccccc3)c2N2c3ccccc3N(C)c3ccccc32)c2ccccc21. The third kappa shape index (κ3) is 6.56. The normalized spacial score (nSPS) is 12.7. The monoisotopic (exact) mass is 903 g/mol. The van der Waals surface area contributed by atoms with Crippen LogP contribution >= 0.6 is 11.3 Å². The fourth-order valence-electron chi connectivity index (χ4n) is 10.7. The van der Waals surface area contributed by atoms with Crippen molar-refractivity contribution in [2.24, 2.45) is 0 Å². The zero-order valence-corrected chi connectivity index (χ0v) is 39.0. The molecule has 0 amide bonds. The Morgan fingerprint density at radius 3 is 1.07 bits per heavy atom. The lowest BCUT2D eigenvalue weighted by Crippen LogP contribution is -2.28. The molecule has 5 nitrogen and oxygen atoms in total. The number of thiazole rings is 1. The fourth-order valence-corrected chi connectivity index (χ4v) is 11.6. The molecule has 3 heterocycles. The van der Waals surface area contributed by atoms with E-state index in [2.05, 4.69) is 270 Å². The number of para-hydroxylation sites is 9. The molecule has 1 aromatic heterocycles. The molecule has 10 aromatic carbocycles. The van der Waals surface area contributed by atoms with Crippen LogP contribution < -0.4 is 19.6 Å². The number of fused-ring (bicyclic) bond motifs is 5. The topological polar surface area (TPSA) is 25.9 Å². The summed E-state index contributed by atoms with van der Waals surface area (Å²) in [5.41, 5.74) is 22.1. The Labute approximate surface area is 406 Å². The van der Waals surface area contributed by atoms with Crippen molar-refractivity contribution in [3.63, 3.8) is 0 Å². The summed E-state index contributed by atoms with van der Waals surface area (Å²) in [4.78, 5) is 15.0. The van der Waals surface area contributed by atoms with E-state index in [1.54, 1.807) is 11.3 Å². The van der Waals surface area contributed by atoms with Gasteiger partial charge in [-0.1, -0.05) is 170 Å². The highest BCUT2D eigenvalue weighted by atomic mass is 32.1. The number of benzene rings is 10. The van der Waals surface area contributed by atoms with Crippen molar-refractivity contribution < 1.29 is 0 Å². The summed E-state index contributed by atoms with van der Waals surface area (Å²) in [5, 5.41) is 0.994. The molecular weight excluding hydrogens is 859 g/mol. The van der Waals surface area contributed by atoms with Crippen molar-refractivity contribution in [2.45, 2.75) is 0 Å². The second-order valence-corrected chi connectivity index (χ2v) is 18.6. The highest BCUT2D eigenvalue weighted by Gasteiger charge is 2.40. The van der Waals surface area contributed by atoms with Crippen molar-refractivity contribution in [3.8, 4) is 55.1 Å². The molecule has 0 saturated heterocycles. The van der Waals surface area contributed by atoms with E-state index in [0.29, 0.717) is 0 Å². The first kappa shape index (κ1) is 40.6. The van der Waals surface area contributed by atoms with Gasteiger partial charge in [0.15, 0.2) is 0 Å². The van der Waals surface area contributed by atoms with Crippen LogP contribution in [-0.4, -0.2) is 19.1 Å². The van der Waals surface area contributed by atoms with E-state index in [1.807, 2.05) is 0 Å². The Hall–Kier alpha value is -8.71. The molecule has 0 bridgehead atoms. The second kappa shape index (κ2) is 16.6. The summed E-state index contributed by atoms with van der Waals surface area (Å²) in [7, 11) is 4.38. The van der Waals surface area contributed by atoms with E-state index in [-0.39, 0.29) is 0 Å². The average Bonchev–Trinajstić information content (AvgIpc) is 3.87. The van der Waals surface area contributed by atoms with Gasteiger partial charge in [0.05, 0.1) is 67.1 Å². The van der Waals surface area contributed by atoms with Crippen molar-refractivity contribution in [1.82, 2.24) is 4.98 Å². The molecule has 0 unspecified atom stereocenters. The van der Waals surface area contributed by atoms with Gasteiger partial charge in [-0.15, -0.1) is 11.3 Å². The number of rotatable bonds is 7. The molecule has 328 valence electrons. The van der Waals surface area contributed by atoms with Gasteiger partial charge in [-0.2, -0.15) is 0 Å². The minimum Gasteiger partial charge on any atom is -0.341 e. The Balaban J connectivity index is 1.29. The maximum atomic E-state index is 5.21. The van der Waals surface area contributed by atoms with E-state index in [9.17, 15) is 0 Å². The maximum Gasteiger partial charge on any atom is 0.124 e. The fraction of sp³-hybridized carbons (Fsp3) is 0.0317. The van der Waals surface area contributed by atoms with Crippen LogP contribution in [0.3, 0.4) is 0 Å². The zero-order chi connectivity index (χ0) is 46.0. The van der Waals surface area contributed by atoms with E-state index in [4.69, 9.17) is 4.98 Å². The summed E-state index contributed by atoms with van der Waals surface area (Å²) in [6.07, 6.45) is 0. The lowest BCUT2D eigenvalue weighted by Gasteiger charge is -2.45. The van der Waals surface area contributed by atoms with Gasteiger partial charge >= 0.3 is 0 Å². The second-order valence-electron chi connectivity index (χ2n) is 17.6. The molecule has 0 saturated carbocycles. The van der Waals surface area contributed by atoms with Crippen LogP contribution in [0.25, 0.3) is 65.3 Å². The molecule has 6 heteroatoms. The van der Waals surface area contributed by atoms with Gasteiger partial charge < -0.3 is 19.6 Å². The molecule has 13 rings (SSSR count). The number of hydrogen-bond acceptors (Lipinski definition) is 6. The van der Waals surface area contributed by atoms with Gasteiger partial charge in [0.2, 0.25) is 0 Å². The third-order valence-electron chi connectivity index (χ3n) is 13.7. The number of aromatic nitrogens is 1. The molecule has 0 fully saturated rings. The molecule has 0 N–H and O–H groups in total. The van der Waals surface area contributed by atoms with E-state index >= 15 is 0 Å². The summed E-state index contributed by atoms with van der Waals surface area (Å²) >= 11 is 1.74. The quantitative estimate of drug-likeness (QED) is 0.159. The first-order valence-electron chi connectivity index (χ1n) is 23.4. The van der Waals surface area contributed by atoms with Gasteiger partial charge in [0, 0.05) is 41.9 Å². The van der Waals surface area contributed by atoms with Crippen LogP contribution in [0.2, 0.25) is 0 Å². The predicted octanol–water partition coefficient (Wildman–Crippen LogP) is 17.7. The number of anilines is 10. The zero-order valence-electron chi connectivity index (χ0n) is 38.2. The summed E-state index contributed by atoms with van der Waals surface area (Å²) in [6.45, 7) is 0. The Bertz CT molecular complexity index is 3610. The van der Waals surface area contributed by atoms with Crippen molar-refractivity contribution >= 4 is 78.4 Å². The van der Waals surface area contributed by atoms with Crippen LogP contribution in [0.5, 0.6) is 0 Å². The van der Waals surface area contributed by atoms with E-state index < -0.39 is 0 Å². The van der Waals surface area contributed by atoms with Crippen molar-refractivity contribution in [1.29, 1.82) is 0 Å². The van der Waals surface area contributed by atoms with Gasteiger partial charge in [0.1, 0.15) is 5.01 Å². The van der Waals surface area contributed by atoms with Crippen molar-refractivity contribution in [3.05, 3.63) is 237 Å². The molecule has 69 heavy (non-hydrogen) atoms. The maximum absolute atomic E-state index is 5.21. The Kier molecular flexibility index (Phi) is 9.73. The molecule has 0 radical (unpaired) electrons. The summed E-state index contributed by atoms with van der Waals surface area (Å²) in [5.74, 6) is 0. The summed E-state index contributed by atoms with van der Waals surface area (Å²) < 4.78 is 1.17. The highest BCUT2D eigenvalue weighted by molar-refractivity contribution is 7.21. The van der Waals surface area contributed by atoms with Gasteiger partial charge in [-0.3, -0.25) is 0 Å². The van der Waals surface area contributed by atoms with Gasteiger partial charge in [0.25, 0.3) is 0 Å². The van der Waals surface area contributed by atoms with Crippen molar-refractivity contribution in [2.75, 3.05) is 33.7 Å². The van der Waals surface area contributed by atoms with Crippen LogP contribution in [-0.2, 0) is 0 Å². The van der Waals surface area contributed by atoms with Gasteiger partial charge in [-0.05, 0) is 89.0 Å². The predicted molar refractivity (Wildman–Crippen MR) is 292 cm³/mol. The molecule has 0 atom stereocenters. The minimum atomic E-state index is 0.994. The lowest BCUT2D eigenvalue weighted by molar-refractivity contribution is 1.11. The smallest absolute Gasteiger partial charge is 0.124 e. The Morgan fingerprint density at radius 2 is 0.638 bits per heavy atom. The molecular formula is C63H45N5S. The largest absolute Gasteiger partial charge is 0.341 e. The number of hydrogen-bond donors (Lipinski definition) is 0. The average molecular weight is 904 g/mol. The van der Waals surface area contributed by atoms with Crippen LogP contribution in [0.15, 0.2) is 237 Å². The first-order valence-corrected chi connectivity index (χ1v) is 24.2. The summed E-state index contributed by atoms with van der Waals surface area (Å²) in [6, 6.07) is 86.2. The Morgan fingerprint density at radius 1 is 0.304 bits per heavy atom. The number of nitrogens with zero attached hydrogens (tertiary/aromatic N) is 5. The molecule has 0 aliphatic carbocycles. The third-order valence-corrected chi connectivity index (χ3v) is 14.8. The minimum absolute atomic E-state index is 0.994. The molecule has 0 spiro atoms. The molecule has 11 aromatic rings. The van der Waals surface area contributed by atoms with E-state index in [0.717, 1.165) is 117 Å². The first-order chi connectivity index (χ1) is 34.1. The molecule has 2 aliphatic heterocycles. The molecule has 2 aliphatic rings. The van der Waals surface area contributed by atoms with Gasteiger partial charge in [-0.25, -0.2) is 4.98 Å². The standard InChI is InChI=1S/C63H45N5S/c1-65-48-32-13-17-36-52(48)67(53-37-18-14-33-49(53)65)61-59(43-25-8-4-9-26-43)57(42-23-6-3-7-24-42)58(45-29-22-30-46(41-45)63-64-47-31-12-21-40-56(47)69-63)60(44-27-10-5-11-28-44)62(61)68-54-38-19-15-34-50(54)66(2)51-35-16-20-39-55(51)68/h3-41H,1-2H3. The highest BCUT2D eigenvalue weighted by Crippen LogP contribution is 2.65. The van der Waals surface area contributed by atoms with Crippen LogP contribution in [0, 0.1) is 0 Å². The van der Waals surface area contributed by atoms with Crippen LogP contribution in [0.1, 0.15) is 0 Å². The van der Waals surface area contributed by atoms with E-state index in [1.165, 1.54) is 4.70 Å².